The first kappa shape index (κ1) is 25.5. The number of imidazole rings is 1. The molecule has 3 aromatic carbocycles. The zero-order chi connectivity index (χ0) is 27.5. The van der Waals surface area contributed by atoms with Crippen molar-refractivity contribution in [3.05, 3.63) is 72.8 Å². The Morgan fingerprint density at radius 3 is 2.56 bits per heavy atom. The minimum Gasteiger partial charge on any atom is -0.534 e. The molecule has 0 unspecified atom stereocenters. The number of hydrogen-bond donors (Lipinski definition) is 1. The lowest BCUT2D eigenvalue weighted by molar-refractivity contribution is 0.0219. The number of carbonyl (C=O) groups is 1. The first-order chi connectivity index (χ1) is 18.5. The molecule has 1 N–H and O–H groups in total. The molecule has 2 saturated heterocycles. The van der Waals surface area contributed by atoms with E-state index in [-0.39, 0.29) is 12.1 Å². The van der Waals surface area contributed by atoms with E-state index in [0.717, 1.165) is 57.1 Å². The Balaban J connectivity index is 1.25. The van der Waals surface area contributed by atoms with Gasteiger partial charge in [-0.05, 0) is 93.0 Å². The van der Waals surface area contributed by atoms with Crippen LogP contribution in [0.25, 0.3) is 32.9 Å². The minimum atomic E-state index is -0.529. The second-order valence-corrected chi connectivity index (χ2v) is 12.0. The first-order valence-electron chi connectivity index (χ1n) is 13.5. The van der Waals surface area contributed by atoms with Crippen LogP contribution >= 0.6 is 0 Å². The third-order valence-electron chi connectivity index (χ3n) is 7.49. The topological polar surface area (TPSA) is 76.7 Å². The van der Waals surface area contributed by atoms with Gasteiger partial charge < -0.3 is 19.0 Å². The highest BCUT2D eigenvalue weighted by molar-refractivity contribution is 6.62. The van der Waals surface area contributed by atoms with Crippen molar-refractivity contribution < 1.29 is 18.8 Å². The Morgan fingerprint density at radius 2 is 1.82 bits per heavy atom. The van der Waals surface area contributed by atoms with Crippen LogP contribution in [0.4, 0.5) is 4.79 Å². The summed E-state index contributed by atoms with van der Waals surface area (Å²) >= 11 is 0. The van der Waals surface area contributed by atoms with E-state index in [4.69, 9.17) is 19.0 Å². The summed E-state index contributed by atoms with van der Waals surface area (Å²) in [5.41, 5.74) is 4.00. The van der Waals surface area contributed by atoms with Crippen LogP contribution in [-0.4, -0.2) is 45.8 Å². The van der Waals surface area contributed by atoms with Crippen molar-refractivity contribution in [3.63, 3.8) is 0 Å². The number of ether oxygens (including phenoxy) is 1. The maximum absolute atomic E-state index is 12.8. The molecule has 0 saturated carbocycles. The lowest BCUT2D eigenvalue weighted by atomic mass is 9.78. The third kappa shape index (κ3) is 4.89. The zero-order valence-corrected chi connectivity index (χ0v) is 23.2. The van der Waals surface area contributed by atoms with Gasteiger partial charge in [-0.25, -0.2) is 9.78 Å². The molecule has 0 spiro atoms. The van der Waals surface area contributed by atoms with E-state index in [0.29, 0.717) is 12.3 Å². The Morgan fingerprint density at radius 1 is 1.10 bits per heavy atom. The van der Waals surface area contributed by atoms with Gasteiger partial charge in [-0.2, -0.15) is 0 Å². The molecule has 200 valence electrons. The summed E-state index contributed by atoms with van der Waals surface area (Å²) in [5, 5.41) is 2.25. The van der Waals surface area contributed by atoms with Crippen LogP contribution in [-0.2, 0) is 14.0 Å². The molecule has 2 aliphatic rings. The van der Waals surface area contributed by atoms with E-state index in [1.54, 1.807) is 4.90 Å². The molecule has 0 bridgehead atoms. The molecular weight excluding hydrogens is 489 g/mol. The highest BCUT2D eigenvalue weighted by Crippen LogP contribution is 2.34. The first-order valence-corrected chi connectivity index (χ1v) is 13.5. The fourth-order valence-corrected chi connectivity index (χ4v) is 5.31. The van der Waals surface area contributed by atoms with Crippen molar-refractivity contribution in [2.24, 2.45) is 0 Å². The Kier molecular flexibility index (Phi) is 5.99. The van der Waals surface area contributed by atoms with Crippen molar-refractivity contribution in [1.82, 2.24) is 14.9 Å². The van der Waals surface area contributed by atoms with Crippen molar-refractivity contribution in [3.8, 4) is 11.1 Å². The van der Waals surface area contributed by atoms with Crippen LogP contribution in [0.2, 0.25) is 0 Å². The standard InChI is InChI=1S/C31H34BN3O4/c1-19-31(5,6)39-32(38-19)24-13-11-21-16-20(9-10-22(21)17-24)23-12-14-25-26(18-23)34-28(33-25)27-8-7-15-35(27)29(36)37-30(2,3)4/h9-14,16-18,27H,1,7-8,15H2,2-6H3,(H,33,34)/t27-/m0/s1. The van der Waals surface area contributed by atoms with Crippen molar-refractivity contribution in [2.75, 3.05) is 6.54 Å². The zero-order valence-electron chi connectivity index (χ0n) is 23.2. The molecule has 8 heteroatoms. The lowest BCUT2D eigenvalue weighted by Crippen LogP contribution is -2.36. The van der Waals surface area contributed by atoms with Crippen LogP contribution in [0, 0.1) is 0 Å². The molecule has 1 aromatic heterocycles. The molecule has 39 heavy (non-hydrogen) atoms. The molecule has 2 fully saturated rings. The highest BCUT2D eigenvalue weighted by Gasteiger charge is 2.42. The number of H-pyrrole nitrogens is 1. The van der Waals surface area contributed by atoms with Gasteiger partial charge in [0.25, 0.3) is 0 Å². The van der Waals surface area contributed by atoms with Crippen LogP contribution < -0.4 is 5.46 Å². The predicted molar refractivity (Wildman–Crippen MR) is 155 cm³/mol. The van der Waals surface area contributed by atoms with Gasteiger partial charge in [0.15, 0.2) is 0 Å². The van der Waals surface area contributed by atoms with Crippen molar-refractivity contribution in [2.45, 2.75) is 64.7 Å². The molecule has 1 amide bonds. The molecule has 0 aliphatic carbocycles. The smallest absolute Gasteiger partial charge is 0.534 e. The average molecular weight is 523 g/mol. The minimum absolute atomic E-state index is 0.110. The molecule has 4 aromatic rings. The number of amides is 1. The fraction of sp³-hybridized carbons (Fsp3) is 0.355. The fourth-order valence-electron chi connectivity index (χ4n) is 5.31. The van der Waals surface area contributed by atoms with Gasteiger partial charge in [0, 0.05) is 6.54 Å². The molecule has 6 rings (SSSR count). The Bertz CT molecular complexity index is 1600. The van der Waals surface area contributed by atoms with E-state index in [2.05, 4.69) is 54.0 Å². The maximum Gasteiger partial charge on any atom is 0.563 e. The number of benzene rings is 3. The number of nitrogens with zero attached hydrogens (tertiary/aromatic N) is 2. The SMILES string of the molecule is C=C1OB(c2ccc3cc(-c4ccc5nc([C@@H]6CCCN6C(=O)OC(C)(C)C)[nH]c5c4)ccc3c2)OC1(C)C. The van der Waals surface area contributed by atoms with Gasteiger partial charge in [-0.15, -0.1) is 0 Å². The largest absolute Gasteiger partial charge is 0.563 e. The number of rotatable bonds is 3. The van der Waals surface area contributed by atoms with E-state index in [9.17, 15) is 4.79 Å². The number of hydrogen-bond acceptors (Lipinski definition) is 5. The van der Waals surface area contributed by atoms with Gasteiger partial charge in [-0.3, -0.25) is 4.90 Å². The summed E-state index contributed by atoms with van der Waals surface area (Å²) in [6, 6.07) is 18.9. The number of likely N-dealkylation sites (tertiary alicyclic amines) is 1. The molecule has 0 radical (unpaired) electrons. The van der Waals surface area contributed by atoms with Gasteiger partial charge in [0.2, 0.25) is 0 Å². The summed E-state index contributed by atoms with van der Waals surface area (Å²) < 4.78 is 17.6. The number of aromatic nitrogens is 2. The average Bonchev–Trinajstić information content (AvgIpc) is 3.59. The highest BCUT2D eigenvalue weighted by atomic mass is 16.7. The number of nitrogens with one attached hydrogen (secondary N) is 1. The predicted octanol–water partition coefficient (Wildman–Crippen LogP) is 6.49. The molecular formula is C31H34BN3O4. The number of carbonyl (C=O) groups excluding carboxylic acids is 1. The van der Waals surface area contributed by atoms with Crippen molar-refractivity contribution in [1.29, 1.82) is 0 Å². The van der Waals surface area contributed by atoms with Crippen LogP contribution in [0.15, 0.2) is 66.9 Å². The molecule has 3 heterocycles. The second kappa shape index (κ2) is 9.16. The summed E-state index contributed by atoms with van der Waals surface area (Å²) in [6.45, 7) is 14.3. The normalized spacial score (nSPS) is 19.2. The summed E-state index contributed by atoms with van der Waals surface area (Å²) in [4.78, 5) is 22.9. The number of fused-ring (bicyclic) bond motifs is 2. The van der Waals surface area contributed by atoms with Gasteiger partial charge in [0.1, 0.15) is 17.0 Å². The van der Waals surface area contributed by atoms with E-state index < -0.39 is 18.3 Å². The molecule has 2 aliphatic heterocycles. The van der Waals surface area contributed by atoms with Crippen LogP contribution in [0.1, 0.15) is 59.3 Å². The second-order valence-electron chi connectivity index (χ2n) is 12.0. The van der Waals surface area contributed by atoms with E-state index >= 15 is 0 Å². The summed E-state index contributed by atoms with van der Waals surface area (Å²) in [5.74, 6) is 1.45. The van der Waals surface area contributed by atoms with E-state index in [1.807, 2.05) is 46.8 Å². The summed E-state index contributed by atoms with van der Waals surface area (Å²) in [6.07, 6.45) is 1.50. The van der Waals surface area contributed by atoms with Gasteiger partial charge in [0.05, 0.1) is 22.8 Å². The quantitative estimate of drug-likeness (QED) is 0.311. The van der Waals surface area contributed by atoms with Gasteiger partial charge in [-0.1, -0.05) is 43.0 Å². The Labute approximate surface area is 229 Å². The van der Waals surface area contributed by atoms with Gasteiger partial charge >= 0.3 is 13.2 Å². The third-order valence-corrected chi connectivity index (χ3v) is 7.49. The lowest BCUT2D eigenvalue weighted by Gasteiger charge is -2.27. The molecule has 1 atom stereocenters. The Hall–Kier alpha value is -3.78. The van der Waals surface area contributed by atoms with Crippen LogP contribution in [0.3, 0.4) is 0 Å². The van der Waals surface area contributed by atoms with Crippen molar-refractivity contribution >= 4 is 40.5 Å². The number of aromatic amines is 1. The van der Waals surface area contributed by atoms with E-state index in [1.165, 1.54) is 0 Å². The molecule has 7 nitrogen and oxygen atoms in total. The maximum atomic E-state index is 12.8. The monoisotopic (exact) mass is 523 g/mol. The van der Waals surface area contributed by atoms with Crippen LogP contribution in [0.5, 0.6) is 0 Å². The summed E-state index contributed by atoms with van der Waals surface area (Å²) in [7, 11) is -0.445.